The number of phenols is 1. The first-order valence-electron chi connectivity index (χ1n) is 4.03. The number of benzene rings is 1. The zero-order valence-corrected chi connectivity index (χ0v) is 8.17. The van der Waals surface area contributed by atoms with Crippen LogP contribution in [0.25, 0.3) is 6.08 Å². The van der Waals surface area contributed by atoms with Gasteiger partial charge in [0, 0.05) is 6.54 Å². The van der Waals surface area contributed by atoms with Crippen molar-refractivity contribution in [3.8, 4) is 5.75 Å². The summed E-state index contributed by atoms with van der Waals surface area (Å²) in [5.74, 6) is 0.119. The molecule has 0 aliphatic carbocycles. The van der Waals surface area contributed by atoms with E-state index in [9.17, 15) is 5.11 Å². The summed E-state index contributed by atoms with van der Waals surface area (Å²) in [5, 5.41) is 12.6. The summed E-state index contributed by atoms with van der Waals surface area (Å²) in [6, 6.07) is 5.17. The third-order valence-corrected chi connectivity index (χ3v) is 1.92. The van der Waals surface area contributed by atoms with Crippen LogP contribution in [0.2, 0.25) is 5.02 Å². The van der Waals surface area contributed by atoms with Crippen LogP contribution < -0.4 is 5.32 Å². The first-order chi connectivity index (χ1) is 6.24. The number of hydrogen-bond donors (Lipinski definition) is 2. The second kappa shape index (κ2) is 4.90. The Morgan fingerprint density at radius 2 is 2.31 bits per heavy atom. The van der Waals surface area contributed by atoms with Crippen molar-refractivity contribution in [3.63, 3.8) is 0 Å². The van der Waals surface area contributed by atoms with Crippen LogP contribution in [0.1, 0.15) is 5.56 Å². The van der Waals surface area contributed by atoms with Gasteiger partial charge in [-0.2, -0.15) is 0 Å². The van der Waals surface area contributed by atoms with Crippen LogP contribution in [0.4, 0.5) is 0 Å². The van der Waals surface area contributed by atoms with Gasteiger partial charge in [-0.25, -0.2) is 0 Å². The van der Waals surface area contributed by atoms with Gasteiger partial charge in [-0.1, -0.05) is 29.8 Å². The average molecular weight is 198 g/mol. The molecule has 0 atom stereocenters. The van der Waals surface area contributed by atoms with Crippen LogP contribution in [0.15, 0.2) is 24.3 Å². The highest BCUT2D eigenvalue weighted by molar-refractivity contribution is 6.32. The van der Waals surface area contributed by atoms with E-state index < -0.39 is 0 Å². The molecule has 0 radical (unpaired) electrons. The van der Waals surface area contributed by atoms with E-state index >= 15 is 0 Å². The number of phenolic OH excluding ortho intramolecular Hbond substituents is 1. The van der Waals surface area contributed by atoms with Gasteiger partial charge in [0.25, 0.3) is 0 Å². The van der Waals surface area contributed by atoms with E-state index in [4.69, 9.17) is 11.6 Å². The summed E-state index contributed by atoms with van der Waals surface area (Å²) < 4.78 is 0. The predicted molar refractivity (Wildman–Crippen MR) is 56.1 cm³/mol. The number of likely N-dealkylation sites (N-methyl/N-ethyl adjacent to an activating group) is 1. The highest BCUT2D eigenvalue weighted by atomic mass is 35.5. The lowest BCUT2D eigenvalue weighted by molar-refractivity contribution is 0.475. The van der Waals surface area contributed by atoms with Crippen molar-refractivity contribution in [1.82, 2.24) is 5.32 Å². The Balaban J connectivity index is 2.73. The Morgan fingerprint density at radius 3 is 2.92 bits per heavy atom. The molecule has 2 nitrogen and oxygen atoms in total. The van der Waals surface area contributed by atoms with Gasteiger partial charge in [0.15, 0.2) is 0 Å². The molecule has 0 fully saturated rings. The Kier molecular flexibility index (Phi) is 3.80. The SMILES string of the molecule is CNCC=Cc1ccc(Cl)c(O)c1. The summed E-state index contributed by atoms with van der Waals surface area (Å²) in [4.78, 5) is 0. The van der Waals surface area contributed by atoms with Crippen LogP contribution >= 0.6 is 11.6 Å². The van der Waals surface area contributed by atoms with E-state index in [-0.39, 0.29) is 5.75 Å². The molecule has 0 amide bonds. The molecule has 0 saturated carbocycles. The number of aromatic hydroxyl groups is 1. The van der Waals surface area contributed by atoms with Gasteiger partial charge in [-0.05, 0) is 24.7 Å². The van der Waals surface area contributed by atoms with Crippen molar-refractivity contribution in [1.29, 1.82) is 0 Å². The highest BCUT2D eigenvalue weighted by Crippen LogP contribution is 2.23. The standard InChI is InChI=1S/C10H12ClNO/c1-12-6-2-3-8-4-5-9(11)10(13)7-8/h2-5,7,12-13H,6H2,1H3. The third-order valence-electron chi connectivity index (χ3n) is 1.60. The van der Waals surface area contributed by atoms with Crippen LogP contribution in [0, 0.1) is 0 Å². The topological polar surface area (TPSA) is 32.3 Å². The number of rotatable bonds is 3. The average Bonchev–Trinajstić information content (AvgIpc) is 2.12. The monoisotopic (exact) mass is 197 g/mol. The Bertz CT molecular complexity index is 310. The number of nitrogens with one attached hydrogen (secondary N) is 1. The van der Waals surface area contributed by atoms with Gasteiger partial charge in [0.2, 0.25) is 0 Å². The highest BCUT2D eigenvalue weighted by Gasteiger charge is 1.96. The van der Waals surface area contributed by atoms with Gasteiger partial charge >= 0.3 is 0 Å². The fourth-order valence-corrected chi connectivity index (χ4v) is 1.06. The molecule has 70 valence electrons. The Morgan fingerprint density at radius 1 is 1.54 bits per heavy atom. The largest absolute Gasteiger partial charge is 0.506 e. The van der Waals surface area contributed by atoms with Crippen molar-refractivity contribution < 1.29 is 5.11 Å². The van der Waals surface area contributed by atoms with E-state index in [1.807, 2.05) is 25.3 Å². The van der Waals surface area contributed by atoms with Crippen LogP contribution in [-0.4, -0.2) is 18.7 Å². The maximum absolute atomic E-state index is 9.28. The summed E-state index contributed by atoms with van der Waals surface area (Å²) in [6.07, 6.45) is 3.90. The Hall–Kier alpha value is -0.990. The molecule has 0 bridgehead atoms. The number of halogens is 1. The van der Waals surface area contributed by atoms with Crippen molar-refractivity contribution in [3.05, 3.63) is 34.9 Å². The van der Waals surface area contributed by atoms with Crippen molar-refractivity contribution in [2.45, 2.75) is 0 Å². The van der Waals surface area contributed by atoms with Gasteiger partial charge in [-0.15, -0.1) is 0 Å². The molecule has 0 aliphatic rings. The molecule has 1 aromatic carbocycles. The molecule has 13 heavy (non-hydrogen) atoms. The molecule has 3 heteroatoms. The van der Waals surface area contributed by atoms with Crippen molar-refractivity contribution in [2.24, 2.45) is 0 Å². The molecule has 0 spiro atoms. The lowest BCUT2D eigenvalue weighted by Crippen LogP contribution is -2.03. The fraction of sp³-hybridized carbons (Fsp3) is 0.200. The zero-order chi connectivity index (χ0) is 9.68. The van der Waals surface area contributed by atoms with Crippen molar-refractivity contribution >= 4 is 17.7 Å². The van der Waals surface area contributed by atoms with Crippen LogP contribution in [0.5, 0.6) is 5.75 Å². The molecular weight excluding hydrogens is 186 g/mol. The maximum Gasteiger partial charge on any atom is 0.134 e. The quantitative estimate of drug-likeness (QED) is 0.779. The minimum absolute atomic E-state index is 0.119. The first-order valence-corrected chi connectivity index (χ1v) is 4.41. The molecule has 0 aromatic heterocycles. The molecule has 0 aliphatic heterocycles. The predicted octanol–water partition coefficient (Wildman–Crippen LogP) is 2.28. The molecule has 1 aromatic rings. The summed E-state index contributed by atoms with van der Waals surface area (Å²) >= 11 is 5.66. The zero-order valence-electron chi connectivity index (χ0n) is 7.42. The van der Waals surface area contributed by atoms with Gasteiger partial charge in [-0.3, -0.25) is 0 Å². The number of hydrogen-bond acceptors (Lipinski definition) is 2. The van der Waals surface area contributed by atoms with E-state index in [0.717, 1.165) is 12.1 Å². The second-order valence-corrected chi connectivity index (χ2v) is 3.08. The lowest BCUT2D eigenvalue weighted by atomic mass is 10.2. The van der Waals surface area contributed by atoms with Gasteiger partial charge in [0.05, 0.1) is 5.02 Å². The summed E-state index contributed by atoms with van der Waals surface area (Å²) in [6.45, 7) is 0.809. The normalized spacial score (nSPS) is 10.9. The van der Waals surface area contributed by atoms with E-state index in [1.165, 1.54) is 0 Å². The smallest absolute Gasteiger partial charge is 0.134 e. The molecule has 2 N–H and O–H groups in total. The third kappa shape index (κ3) is 3.09. The van der Waals surface area contributed by atoms with E-state index in [2.05, 4.69) is 5.32 Å². The van der Waals surface area contributed by atoms with E-state index in [1.54, 1.807) is 12.1 Å². The van der Waals surface area contributed by atoms with Crippen molar-refractivity contribution in [2.75, 3.05) is 13.6 Å². The molecular formula is C10H12ClNO. The molecule has 0 unspecified atom stereocenters. The summed E-state index contributed by atoms with van der Waals surface area (Å²) in [5.41, 5.74) is 0.942. The molecule has 0 heterocycles. The van der Waals surface area contributed by atoms with Crippen LogP contribution in [0.3, 0.4) is 0 Å². The molecule has 1 rings (SSSR count). The minimum Gasteiger partial charge on any atom is -0.506 e. The van der Waals surface area contributed by atoms with Gasteiger partial charge < -0.3 is 10.4 Å². The van der Waals surface area contributed by atoms with Crippen LogP contribution in [-0.2, 0) is 0 Å². The minimum atomic E-state index is 0.119. The Labute approximate surface area is 82.8 Å². The van der Waals surface area contributed by atoms with E-state index in [0.29, 0.717) is 5.02 Å². The lowest BCUT2D eigenvalue weighted by Gasteiger charge is -1.97. The summed E-state index contributed by atoms with van der Waals surface area (Å²) in [7, 11) is 1.88. The maximum atomic E-state index is 9.28. The molecule has 0 saturated heterocycles. The van der Waals surface area contributed by atoms with Gasteiger partial charge in [0.1, 0.15) is 5.75 Å². The first kappa shape index (κ1) is 10.1. The fourth-order valence-electron chi connectivity index (χ4n) is 0.946. The second-order valence-electron chi connectivity index (χ2n) is 2.67.